The van der Waals surface area contributed by atoms with Gasteiger partial charge in [-0.3, -0.25) is 0 Å². The van der Waals surface area contributed by atoms with E-state index in [1.807, 2.05) is 0 Å². The van der Waals surface area contributed by atoms with Crippen LogP contribution in [0.5, 0.6) is 0 Å². The number of hydrogen-bond donors (Lipinski definition) is 0. The Morgan fingerprint density at radius 1 is 0.368 bits per heavy atom. The van der Waals surface area contributed by atoms with Crippen LogP contribution in [-0.4, -0.2) is 0 Å². The van der Waals surface area contributed by atoms with E-state index in [2.05, 4.69) is 285 Å². The standard InChI is InChI=1S/C24H20N.C20H18N.C20H20N.C19H18N/c1-16-12-17(2)22-15-25-23(21(22)13-16)11-10-19-8-9-20(14-24(19)25)18-6-4-3-5-7-18;1-12-9-13(2)17-11-21-18-6-4-3-5-14(18)10-15-7-8-16(12)19(17)20(15)21;1-14(2)11-15-7-8-17-13-21-19-6-4-3-5-16(19)9-10-20(21)18(17)12-15;1-2-5-14-8-9-16-13-20-18-7-4-3-6-15(18)10-11-19(20)17(16)12-14/h3-14H,15H2,1-2H3;3-6,9-10H,7-8,11H2,1-2H3;3-10,12,14H,11,13H2,1-2H3;3-4,6-12H,2,5,13H2,1H3/q4*+1. The van der Waals surface area contributed by atoms with Gasteiger partial charge in [0.25, 0.3) is 0 Å². The van der Waals surface area contributed by atoms with E-state index in [1.165, 1.54) is 176 Å². The molecule has 8 heterocycles. The molecule has 4 aliphatic heterocycles. The fourth-order valence-electron chi connectivity index (χ4n) is 15.2. The maximum atomic E-state index is 2.55. The number of pyridine rings is 4. The lowest BCUT2D eigenvalue weighted by Crippen LogP contribution is -2.35. The van der Waals surface area contributed by atoms with Gasteiger partial charge < -0.3 is 0 Å². The van der Waals surface area contributed by atoms with Gasteiger partial charge in [0.05, 0.1) is 22.3 Å². The predicted molar refractivity (Wildman–Crippen MR) is 359 cm³/mol. The van der Waals surface area contributed by atoms with Crippen LogP contribution in [0.15, 0.2) is 218 Å². The van der Waals surface area contributed by atoms with E-state index in [1.54, 1.807) is 16.7 Å². The summed E-state index contributed by atoms with van der Waals surface area (Å²) in [5.41, 5.74) is 36.8. The fourth-order valence-corrected chi connectivity index (χ4v) is 15.2. The Morgan fingerprint density at radius 2 is 0.897 bits per heavy atom. The molecule has 0 spiro atoms. The van der Waals surface area contributed by atoms with Crippen LogP contribution in [0.4, 0.5) is 0 Å². The van der Waals surface area contributed by atoms with Crippen LogP contribution in [0, 0.1) is 33.6 Å². The zero-order valence-electron chi connectivity index (χ0n) is 51.5. The summed E-state index contributed by atoms with van der Waals surface area (Å²) in [5.74, 6) is 0.702. The highest BCUT2D eigenvalue weighted by atomic mass is 15.0. The second-order valence-corrected chi connectivity index (χ2v) is 25.6. The molecule has 0 saturated carbocycles. The van der Waals surface area contributed by atoms with Crippen molar-refractivity contribution < 1.29 is 18.3 Å². The van der Waals surface area contributed by atoms with Gasteiger partial charge in [0.1, 0.15) is 0 Å². The van der Waals surface area contributed by atoms with E-state index in [4.69, 9.17) is 0 Å². The number of aromatic nitrogens is 4. The number of rotatable bonds is 5. The maximum Gasteiger partial charge on any atom is 0.217 e. The van der Waals surface area contributed by atoms with E-state index in [9.17, 15) is 0 Å². The van der Waals surface area contributed by atoms with Gasteiger partial charge in [-0.1, -0.05) is 136 Å². The van der Waals surface area contributed by atoms with Crippen molar-refractivity contribution in [3.8, 4) is 56.2 Å². The molecule has 87 heavy (non-hydrogen) atoms. The van der Waals surface area contributed by atoms with E-state index < -0.39 is 0 Å². The minimum atomic E-state index is 0.702. The Labute approximate surface area is 513 Å². The fraction of sp³-hybridized carbons (Fsp3) is 0.205. The Hall–Kier alpha value is -9.38. The van der Waals surface area contributed by atoms with Gasteiger partial charge in [-0.25, -0.2) is 0 Å². The third-order valence-corrected chi connectivity index (χ3v) is 19.3. The number of para-hydroxylation sites is 3. The number of hydrogen-bond acceptors (Lipinski definition) is 0. The highest BCUT2D eigenvalue weighted by Gasteiger charge is 2.38. The van der Waals surface area contributed by atoms with Crippen molar-refractivity contribution >= 4 is 43.6 Å². The molecule has 0 saturated heterocycles. The minimum absolute atomic E-state index is 0.702. The van der Waals surface area contributed by atoms with Crippen molar-refractivity contribution in [3.63, 3.8) is 0 Å². The van der Waals surface area contributed by atoms with Crippen molar-refractivity contribution in [3.05, 3.63) is 285 Å². The Bertz CT molecular complexity index is 4930. The summed E-state index contributed by atoms with van der Waals surface area (Å²) in [6, 6.07) is 80.5. The monoisotopic (exact) mass is 1130 g/mol. The van der Waals surface area contributed by atoms with Crippen LogP contribution in [0.25, 0.3) is 99.8 Å². The van der Waals surface area contributed by atoms with E-state index in [-0.39, 0.29) is 0 Å². The van der Waals surface area contributed by atoms with Crippen LogP contribution in [0.3, 0.4) is 0 Å². The quantitative estimate of drug-likeness (QED) is 0.153. The molecule has 4 heteroatoms. The molecule has 1 aliphatic carbocycles. The highest BCUT2D eigenvalue weighted by molar-refractivity contribution is 5.86. The van der Waals surface area contributed by atoms with Crippen molar-refractivity contribution in [2.24, 2.45) is 5.92 Å². The summed E-state index contributed by atoms with van der Waals surface area (Å²) in [7, 11) is 0. The molecule has 0 radical (unpaired) electrons. The van der Waals surface area contributed by atoms with E-state index >= 15 is 0 Å². The molecule has 0 bridgehead atoms. The minimum Gasteiger partial charge on any atom is -0.187 e. The number of nitrogens with zero attached hydrogens (tertiary/aromatic N) is 4. The van der Waals surface area contributed by atoms with Gasteiger partial charge in [0.2, 0.25) is 44.8 Å². The molecule has 0 unspecified atom stereocenters. The van der Waals surface area contributed by atoms with Gasteiger partial charge in [0, 0.05) is 91.8 Å². The van der Waals surface area contributed by atoms with Gasteiger partial charge in [-0.15, -0.1) is 0 Å². The van der Waals surface area contributed by atoms with Crippen LogP contribution >= 0.6 is 0 Å². The molecule has 9 aromatic carbocycles. The lowest BCUT2D eigenvalue weighted by atomic mass is 9.83. The molecule has 5 aliphatic rings. The van der Waals surface area contributed by atoms with Crippen molar-refractivity contribution in [1.29, 1.82) is 0 Å². The third-order valence-electron chi connectivity index (χ3n) is 19.3. The first-order valence-electron chi connectivity index (χ1n) is 31.8. The zero-order valence-corrected chi connectivity index (χ0v) is 51.5. The van der Waals surface area contributed by atoms with E-state index in [0.29, 0.717) is 5.92 Å². The predicted octanol–water partition coefficient (Wildman–Crippen LogP) is 17.8. The first-order chi connectivity index (χ1) is 42.5. The first kappa shape index (κ1) is 54.3. The third kappa shape index (κ3) is 9.71. The average molecular weight is 1130 g/mol. The lowest BCUT2D eigenvalue weighted by molar-refractivity contribution is -0.646. The highest BCUT2D eigenvalue weighted by Crippen LogP contribution is 2.42. The summed E-state index contributed by atoms with van der Waals surface area (Å²) in [4.78, 5) is 0. The van der Waals surface area contributed by atoms with E-state index in [0.717, 1.165) is 32.6 Å². The van der Waals surface area contributed by atoms with Gasteiger partial charge in [-0.2, -0.15) is 18.3 Å². The molecule has 4 aromatic heterocycles. The van der Waals surface area contributed by atoms with Gasteiger partial charge in [0.15, 0.2) is 26.2 Å². The summed E-state index contributed by atoms with van der Waals surface area (Å²) in [6.07, 6.45) is 5.90. The van der Waals surface area contributed by atoms with Gasteiger partial charge in [-0.05, 0) is 176 Å². The molecular weight excluding hydrogens is 1050 g/mol. The first-order valence-corrected chi connectivity index (χ1v) is 31.8. The molecular formula is C83H76N4+4. The smallest absolute Gasteiger partial charge is 0.187 e. The van der Waals surface area contributed by atoms with Crippen LogP contribution in [-0.2, 0) is 51.9 Å². The number of fused-ring (bicyclic) bond motifs is 17. The molecule has 13 aromatic rings. The largest absolute Gasteiger partial charge is 0.217 e. The van der Waals surface area contributed by atoms with Crippen LogP contribution in [0.2, 0.25) is 0 Å². The van der Waals surface area contributed by atoms with Crippen LogP contribution < -0.4 is 18.3 Å². The second-order valence-electron chi connectivity index (χ2n) is 25.6. The molecule has 0 amide bonds. The molecule has 0 atom stereocenters. The average Bonchev–Trinajstić information content (AvgIpc) is 1.85. The Balaban J connectivity index is 0.0000000981. The summed E-state index contributed by atoms with van der Waals surface area (Å²) in [6.45, 7) is 19.8. The molecule has 424 valence electrons. The molecule has 4 nitrogen and oxygen atoms in total. The van der Waals surface area contributed by atoms with Crippen molar-refractivity contribution in [1.82, 2.24) is 0 Å². The lowest BCUT2D eigenvalue weighted by Gasteiger charge is -2.18. The summed E-state index contributed by atoms with van der Waals surface area (Å²) < 4.78 is 9.90. The Kier molecular flexibility index (Phi) is 13.8. The summed E-state index contributed by atoms with van der Waals surface area (Å²) >= 11 is 0. The number of aryl methyl sites for hydroxylation is 6. The number of benzene rings is 9. The summed E-state index contributed by atoms with van der Waals surface area (Å²) in [5, 5.41) is 5.31. The molecule has 18 rings (SSSR count). The van der Waals surface area contributed by atoms with Crippen LogP contribution in [0.1, 0.15) is 94.0 Å². The normalized spacial score (nSPS) is 13.0. The second kappa shape index (κ2) is 22.2. The SMILES string of the molecule is CC(C)Cc1ccc2c(c1)-c1ccc3ccccc3[n+]1C2.CCCc1ccc2c(c1)-c1ccc3ccccc3[n+]1C2.Cc1cc(C)c2c(c1)-c1ccc3ccc(-c4ccccc4)cc3[n+]1C2.Cc1cc(C)c2c3c1CCc1cc4ccccc4[n+](c1-3)C2. The Morgan fingerprint density at radius 3 is 1.55 bits per heavy atom. The van der Waals surface area contributed by atoms with Gasteiger partial charge >= 0.3 is 0 Å². The molecule has 0 N–H and O–H groups in total. The van der Waals surface area contributed by atoms with Crippen molar-refractivity contribution in [2.45, 2.75) is 107 Å². The molecule has 0 fully saturated rings. The zero-order chi connectivity index (χ0) is 59.0. The maximum absolute atomic E-state index is 2.55. The van der Waals surface area contributed by atoms with Crippen molar-refractivity contribution in [2.75, 3.05) is 0 Å². The topological polar surface area (TPSA) is 15.5 Å².